The Morgan fingerprint density at radius 1 is 1.23 bits per heavy atom. The number of thioether (sulfide) groups is 1. The average Bonchev–Trinajstić information content (AvgIpc) is 2.69. The van der Waals surface area contributed by atoms with Gasteiger partial charge in [-0.05, 0) is 5.56 Å². The van der Waals surface area contributed by atoms with Gasteiger partial charge in [-0.15, -0.1) is 0 Å². The van der Waals surface area contributed by atoms with E-state index >= 15 is 0 Å². The van der Waals surface area contributed by atoms with Gasteiger partial charge in [0.25, 0.3) is 0 Å². The number of aromatic nitrogens is 2. The van der Waals surface area contributed by atoms with Crippen molar-refractivity contribution in [2.75, 3.05) is 0 Å². The van der Waals surface area contributed by atoms with Crippen LogP contribution in [0.4, 0.5) is 0 Å². The quantitative estimate of drug-likeness (QED) is 0.754. The van der Waals surface area contributed by atoms with Crippen LogP contribution in [-0.4, -0.2) is 9.97 Å². The number of benzene rings is 1. The average molecular weight is 190 g/mol. The molecule has 0 saturated heterocycles. The van der Waals surface area contributed by atoms with Crippen LogP contribution < -0.4 is 0 Å². The predicted molar refractivity (Wildman–Crippen MR) is 54.6 cm³/mol. The van der Waals surface area contributed by atoms with Crippen molar-refractivity contribution >= 4 is 11.8 Å². The molecule has 2 nitrogen and oxygen atoms in total. The van der Waals surface area contributed by atoms with E-state index in [2.05, 4.69) is 34.2 Å². The molecule has 0 atom stereocenters. The molecule has 13 heavy (non-hydrogen) atoms. The maximum absolute atomic E-state index is 4.14. The maximum Gasteiger partial charge on any atom is 0.165 e. The zero-order valence-electron chi connectivity index (χ0n) is 7.10. The molecule has 0 spiro atoms. The van der Waals surface area contributed by atoms with Gasteiger partial charge in [0.2, 0.25) is 0 Å². The summed E-state index contributed by atoms with van der Waals surface area (Å²) < 4.78 is 0. The molecule has 2 aromatic rings. The zero-order chi connectivity index (χ0) is 8.93. The molecule has 66 valence electrons. The van der Waals surface area contributed by atoms with Crippen LogP contribution in [0.25, 0.3) is 0 Å². The molecule has 0 saturated carbocycles. The zero-order valence-corrected chi connectivity index (χ0v) is 7.92. The summed E-state index contributed by atoms with van der Waals surface area (Å²) in [6, 6.07) is 10.4. The van der Waals surface area contributed by atoms with Crippen LogP contribution in [0.15, 0.2) is 47.9 Å². The van der Waals surface area contributed by atoms with Gasteiger partial charge in [0, 0.05) is 18.1 Å². The van der Waals surface area contributed by atoms with E-state index in [1.807, 2.05) is 12.3 Å². The van der Waals surface area contributed by atoms with E-state index < -0.39 is 0 Å². The highest BCUT2D eigenvalue weighted by molar-refractivity contribution is 7.98. The Morgan fingerprint density at radius 3 is 2.77 bits per heavy atom. The van der Waals surface area contributed by atoms with E-state index in [1.165, 1.54) is 5.56 Å². The monoisotopic (exact) mass is 190 g/mol. The molecule has 2 rings (SSSR count). The number of H-pyrrole nitrogens is 1. The second-order valence-electron chi connectivity index (χ2n) is 2.67. The largest absolute Gasteiger partial charge is 0.340 e. The van der Waals surface area contributed by atoms with Crippen molar-refractivity contribution < 1.29 is 0 Å². The fourth-order valence-electron chi connectivity index (χ4n) is 1.06. The van der Waals surface area contributed by atoms with E-state index in [4.69, 9.17) is 0 Å². The van der Waals surface area contributed by atoms with E-state index in [0.29, 0.717) is 0 Å². The number of nitrogens with zero attached hydrogens (tertiary/aromatic N) is 1. The van der Waals surface area contributed by atoms with Gasteiger partial charge >= 0.3 is 0 Å². The molecule has 1 aromatic heterocycles. The topological polar surface area (TPSA) is 28.7 Å². The Kier molecular flexibility index (Phi) is 2.67. The van der Waals surface area contributed by atoms with E-state index in [9.17, 15) is 0 Å². The molecule has 3 heteroatoms. The number of rotatable bonds is 3. The fraction of sp³-hybridized carbons (Fsp3) is 0.100. The number of imidazole rings is 1. The lowest BCUT2D eigenvalue weighted by Gasteiger charge is -1.97. The number of nitrogens with one attached hydrogen (secondary N) is 1. The third-order valence-corrected chi connectivity index (χ3v) is 2.67. The fourth-order valence-corrected chi connectivity index (χ4v) is 1.84. The number of aromatic amines is 1. The summed E-state index contributed by atoms with van der Waals surface area (Å²) >= 11 is 1.71. The molecular formula is C10H10N2S. The van der Waals surface area contributed by atoms with Crippen LogP contribution in [0.3, 0.4) is 0 Å². The predicted octanol–water partition coefficient (Wildman–Crippen LogP) is 2.70. The van der Waals surface area contributed by atoms with Crippen LogP contribution in [0, 0.1) is 0 Å². The third kappa shape index (κ3) is 2.36. The summed E-state index contributed by atoms with van der Waals surface area (Å²) in [7, 11) is 0. The Bertz CT molecular complexity index is 342. The second kappa shape index (κ2) is 4.14. The van der Waals surface area contributed by atoms with Crippen molar-refractivity contribution in [3.8, 4) is 0 Å². The minimum atomic E-state index is 0.967. The Labute approximate surface area is 81.4 Å². The third-order valence-electron chi connectivity index (χ3n) is 1.69. The number of hydrogen-bond donors (Lipinski definition) is 1. The molecule has 0 aliphatic carbocycles. The molecule has 1 N–H and O–H groups in total. The summed E-state index contributed by atoms with van der Waals surface area (Å²) in [5, 5.41) is 0.976. The lowest BCUT2D eigenvalue weighted by atomic mass is 10.2. The molecule has 0 unspecified atom stereocenters. The Balaban J connectivity index is 1.94. The highest BCUT2D eigenvalue weighted by atomic mass is 32.2. The van der Waals surface area contributed by atoms with Crippen molar-refractivity contribution in [3.63, 3.8) is 0 Å². The smallest absolute Gasteiger partial charge is 0.165 e. The minimum absolute atomic E-state index is 0.967. The van der Waals surface area contributed by atoms with Crippen LogP contribution in [0.1, 0.15) is 5.56 Å². The van der Waals surface area contributed by atoms with Gasteiger partial charge in [-0.3, -0.25) is 0 Å². The van der Waals surface area contributed by atoms with E-state index in [1.54, 1.807) is 18.0 Å². The normalized spacial score (nSPS) is 10.2. The van der Waals surface area contributed by atoms with Gasteiger partial charge in [-0.25, -0.2) is 4.98 Å². The molecule has 1 aromatic carbocycles. The molecule has 0 fully saturated rings. The molecule has 0 bridgehead atoms. The molecular weight excluding hydrogens is 180 g/mol. The second-order valence-corrected chi connectivity index (χ2v) is 3.63. The van der Waals surface area contributed by atoms with Crippen molar-refractivity contribution in [1.82, 2.24) is 9.97 Å². The van der Waals surface area contributed by atoms with Gasteiger partial charge in [-0.1, -0.05) is 42.1 Å². The van der Waals surface area contributed by atoms with Gasteiger partial charge in [-0.2, -0.15) is 0 Å². The molecule has 0 aliphatic rings. The van der Waals surface area contributed by atoms with Gasteiger partial charge < -0.3 is 4.98 Å². The lowest BCUT2D eigenvalue weighted by Crippen LogP contribution is -1.80. The highest BCUT2D eigenvalue weighted by Gasteiger charge is 1.95. The first-order valence-corrected chi connectivity index (χ1v) is 5.10. The van der Waals surface area contributed by atoms with E-state index in [0.717, 1.165) is 10.9 Å². The summed E-state index contributed by atoms with van der Waals surface area (Å²) in [4.78, 5) is 7.20. The van der Waals surface area contributed by atoms with Crippen molar-refractivity contribution in [3.05, 3.63) is 48.3 Å². The van der Waals surface area contributed by atoms with Crippen LogP contribution >= 0.6 is 11.8 Å². The first-order valence-electron chi connectivity index (χ1n) is 4.11. The van der Waals surface area contributed by atoms with Crippen LogP contribution in [-0.2, 0) is 5.75 Å². The molecule has 0 amide bonds. The first kappa shape index (κ1) is 8.38. The van der Waals surface area contributed by atoms with Crippen molar-refractivity contribution in [1.29, 1.82) is 0 Å². The van der Waals surface area contributed by atoms with Gasteiger partial charge in [0.1, 0.15) is 0 Å². The minimum Gasteiger partial charge on any atom is -0.340 e. The Hall–Kier alpha value is -1.22. The lowest BCUT2D eigenvalue weighted by molar-refractivity contribution is 1.06. The maximum atomic E-state index is 4.14. The molecule has 1 heterocycles. The highest BCUT2D eigenvalue weighted by Crippen LogP contribution is 2.17. The first-order chi connectivity index (χ1) is 6.45. The molecule has 0 radical (unpaired) electrons. The van der Waals surface area contributed by atoms with E-state index in [-0.39, 0.29) is 0 Å². The summed E-state index contributed by atoms with van der Waals surface area (Å²) in [5.41, 5.74) is 1.32. The van der Waals surface area contributed by atoms with Crippen LogP contribution in [0.5, 0.6) is 0 Å². The SMILES string of the molecule is c1ccc(CSc2ncc[nH]2)cc1. The van der Waals surface area contributed by atoms with Crippen molar-refractivity contribution in [2.45, 2.75) is 10.9 Å². The summed E-state index contributed by atoms with van der Waals surface area (Å²) in [6.45, 7) is 0. The standard InChI is InChI=1S/C10H10N2S/c1-2-4-9(5-3-1)8-13-10-11-6-7-12-10/h1-7H,8H2,(H,11,12). The van der Waals surface area contributed by atoms with Gasteiger partial charge in [0.05, 0.1) is 0 Å². The number of hydrogen-bond acceptors (Lipinski definition) is 2. The summed E-state index contributed by atoms with van der Waals surface area (Å²) in [6.07, 6.45) is 3.61. The molecule has 0 aliphatic heterocycles. The van der Waals surface area contributed by atoms with Crippen molar-refractivity contribution in [2.24, 2.45) is 0 Å². The Morgan fingerprint density at radius 2 is 2.08 bits per heavy atom. The van der Waals surface area contributed by atoms with Gasteiger partial charge in [0.15, 0.2) is 5.16 Å². The van der Waals surface area contributed by atoms with Crippen LogP contribution in [0.2, 0.25) is 0 Å². The summed E-state index contributed by atoms with van der Waals surface area (Å²) in [5.74, 6) is 0.967.